The first-order chi connectivity index (χ1) is 23.1. The van der Waals surface area contributed by atoms with Crippen molar-refractivity contribution in [2.45, 2.75) is 60.5 Å². The molecule has 0 saturated heterocycles. The van der Waals surface area contributed by atoms with Crippen molar-refractivity contribution in [3.05, 3.63) is 112 Å². The second-order valence-electron chi connectivity index (χ2n) is 10.8. The second kappa shape index (κ2) is 17.8. The first-order valence-electron chi connectivity index (χ1n) is 15.5. The number of aromatic carboxylic acids is 1. The molecular weight excluding hydrogens is 616 g/mol. The number of rotatable bonds is 10. The Labute approximate surface area is 278 Å². The van der Waals surface area contributed by atoms with Crippen molar-refractivity contribution < 1.29 is 28.2 Å². The molecule has 0 saturated carbocycles. The molecule has 248 valence electrons. The van der Waals surface area contributed by atoms with Crippen molar-refractivity contribution in [2.75, 3.05) is 0 Å². The summed E-state index contributed by atoms with van der Waals surface area (Å²) in [5.41, 5.74) is 1.60. The molecule has 0 fully saturated rings. The van der Waals surface area contributed by atoms with Gasteiger partial charge < -0.3 is 19.6 Å². The van der Waals surface area contributed by atoms with Crippen LogP contribution in [-0.4, -0.2) is 26.0 Å². The molecule has 5 rings (SSSR count). The number of hydrogen-bond acceptors (Lipinski definition) is 7. The summed E-state index contributed by atoms with van der Waals surface area (Å²) in [6, 6.07) is 18.2. The molecule has 0 aliphatic carbocycles. The summed E-state index contributed by atoms with van der Waals surface area (Å²) in [5, 5.41) is 27.7. The average molecular weight is 654 g/mol. The highest BCUT2D eigenvalue weighted by molar-refractivity contribution is 5.92. The molecule has 2 aromatic heterocycles. The van der Waals surface area contributed by atoms with E-state index in [0.717, 1.165) is 18.1 Å². The summed E-state index contributed by atoms with van der Waals surface area (Å²) in [6.45, 7) is 10.7. The number of aromatic nitrogens is 3. The zero-order valence-electron chi connectivity index (χ0n) is 27.5. The van der Waals surface area contributed by atoms with Gasteiger partial charge in [-0.3, -0.25) is 4.98 Å². The molecule has 0 bridgehead atoms. The minimum Gasteiger partial charge on any atom is -0.484 e. The molecule has 0 aliphatic heterocycles. The second-order valence-corrected chi connectivity index (χ2v) is 10.8. The normalized spacial score (nSPS) is 10.2. The Morgan fingerprint density at radius 1 is 0.979 bits per heavy atom. The Kier molecular flexibility index (Phi) is 13.6. The number of carbonyl (C=O) groups is 1. The van der Waals surface area contributed by atoms with Crippen molar-refractivity contribution in [3.8, 4) is 29.4 Å². The van der Waals surface area contributed by atoms with Gasteiger partial charge in [0.1, 0.15) is 29.4 Å². The van der Waals surface area contributed by atoms with E-state index in [1.165, 1.54) is 37.2 Å². The third-order valence-electron chi connectivity index (χ3n) is 6.72. The molecule has 0 spiro atoms. The summed E-state index contributed by atoms with van der Waals surface area (Å²) in [6.07, 6.45) is 4.37. The van der Waals surface area contributed by atoms with E-state index in [1.807, 2.05) is 19.9 Å². The Morgan fingerprint density at radius 3 is 2.35 bits per heavy atom. The predicted molar refractivity (Wildman–Crippen MR) is 178 cm³/mol. The van der Waals surface area contributed by atoms with Gasteiger partial charge in [-0.25, -0.2) is 18.6 Å². The van der Waals surface area contributed by atoms with Crippen molar-refractivity contribution in [3.63, 3.8) is 0 Å². The van der Waals surface area contributed by atoms with Crippen LogP contribution in [0, 0.1) is 40.2 Å². The van der Waals surface area contributed by atoms with Crippen LogP contribution in [-0.2, 0) is 13.0 Å². The van der Waals surface area contributed by atoms with Gasteiger partial charge in [0, 0.05) is 18.7 Å². The van der Waals surface area contributed by atoms with Crippen molar-refractivity contribution in [1.29, 1.82) is 10.5 Å². The van der Waals surface area contributed by atoms with Crippen molar-refractivity contribution in [1.82, 2.24) is 15.0 Å². The Morgan fingerprint density at radius 2 is 1.73 bits per heavy atom. The van der Waals surface area contributed by atoms with Crippen molar-refractivity contribution >= 4 is 17.0 Å². The van der Waals surface area contributed by atoms with Gasteiger partial charge in [0.15, 0.2) is 17.4 Å². The quantitative estimate of drug-likeness (QED) is 0.152. The number of halogens is 2. The maximum atomic E-state index is 14.3. The fourth-order valence-electron chi connectivity index (χ4n) is 4.54. The molecular formula is C37H37F2N5O4. The van der Waals surface area contributed by atoms with Crippen LogP contribution in [0.3, 0.4) is 0 Å². The fourth-order valence-corrected chi connectivity index (χ4v) is 4.54. The predicted octanol–water partition coefficient (Wildman–Crippen LogP) is 9.11. The lowest BCUT2D eigenvalue weighted by Gasteiger charge is -2.10. The Bertz CT molecular complexity index is 1940. The van der Waals surface area contributed by atoms with Crippen LogP contribution in [0.15, 0.2) is 66.9 Å². The Hall–Kier alpha value is -5.81. The van der Waals surface area contributed by atoms with E-state index in [2.05, 4.69) is 41.8 Å². The maximum absolute atomic E-state index is 14.3. The number of fused-ring (bicyclic) bond motifs is 1. The lowest BCUT2D eigenvalue weighted by molar-refractivity contribution is 0.0696. The van der Waals surface area contributed by atoms with Gasteiger partial charge in [0.2, 0.25) is 0 Å². The number of nitrogens with one attached hydrogen (secondary N) is 1. The number of nitrogens with zero attached hydrogens (tertiary/aromatic N) is 4. The number of carboxylic acid groups (broad SMARTS) is 1. The fraction of sp³-hybridized carbons (Fsp3) is 0.270. The summed E-state index contributed by atoms with van der Waals surface area (Å²) in [4.78, 5) is 22.5. The summed E-state index contributed by atoms with van der Waals surface area (Å²) in [5.74, 6) is -0.650. The van der Waals surface area contributed by atoms with Gasteiger partial charge in [-0.2, -0.15) is 10.5 Å². The molecule has 0 unspecified atom stereocenters. The van der Waals surface area contributed by atoms with Crippen LogP contribution in [0.2, 0.25) is 0 Å². The summed E-state index contributed by atoms with van der Waals surface area (Å²) >= 11 is 0. The molecule has 9 nitrogen and oxygen atoms in total. The highest BCUT2D eigenvalue weighted by atomic mass is 19.1. The molecule has 3 aromatic carbocycles. The molecule has 0 amide bonds. The van der Waals surface area contributed by atoms with Crippen LogP contribution >= 0.6 is 0 Å². The lowest BCUT2D eigenvalue weighted by atomic mass is 10.0. The van der Waals surface area contributed by atoms with Crippen LogP contribution < -0.4 is 9.47 Å². The van der Waals surface area contributed by atoms with E-state index in [4.69, 9.17) is 19.8 Å². The van der Waals surface area contributed by atoms with Gasteiger partial charge in [0.05, 0.1) is 40.0 Å². The SMILES string of the molecule is CC.CCCC(C)C.N#Cc1ccc(OCc2cc(Oc3ccc(Cc4nc5c(F)cc(C(=O)O)cc5[nH]4)c(C#N)c3)ccn2)c(F)c1. The van der Waals surface area contributed by atoms with Crippen LogP contribution in [0.5, 0.6) is 17.2 Å². The largest absolute Gasteiger partial charge is 0.484 e. The van der Waals surface area contributed by atoms with Crippen molar-refractivity contribution in [2.24, 2.45) is 5.92 Å². The smallest absolute Gasteiger partial charge is 0.335 e. The summed E-state index contributed by atoms with van der Waals surface area (Å²) in [7, 11) is 0. The number of benzene rings is 3. The minimum absolute atomic E-state index is 0.0119. The molecule has 48 heavy (non-hydrogen) atoms. The third kappa shape index (κ3) is 10.1. The number of ether oxygens (including phenoxy) is 2. The molecule has 2 N–H and O–H groups in total. The van der Waals surface area contributed by atoms with Crippen LogP contribution in [0.4, 0.5) is 8.78 Å². The zero-order chi connectivity index (χ0) is 35.2. The van der Waals surface area contributed by atoms with E-state index in [9.17, 15) is 18.8 Å². The molecule has 11 heteroatoms. The average Bonchev–Trinajstić information content (AvgIpc) is 3.49. The number of pyridine rings is 1. The number of nitriles is 2. The van der Waals surface area contributed by atoms with Gasteiger partial charge >= 0.3 is 5.97 Å². The van der Waals surface area contributed by atoms with Crippen LogP contribution in [0.1, 0.15) is 86.0 Å². The lowest BCUT2D eigenvalue weighted by Crippen LogP contribution is -2.00. The van der Waals surface area contributed by atoms with Gasteiger partial charge in [-0.1, -0.05) is 53.5 Å². The number of imidazole rings is 1. The number of carboxylic acids is 1. The van der Waals surface area contributed by atoms with Crippen LogP contribution in [0.25, 0.3) is 11.0 Å². The van der Waals surface area contributed by atoms with E-state index in [-0.39, 0.29) is 40.9 Å². The highest BCUT2D eigenvalue weighted by Crippen LogP contribution is 2.27. The first kappa shape index (κ1) is 36.7. The maximum Gasteiger partial charge on any atom is 0.335 e. The third-order valence-corrected chi connectivity index (χ3v) is 6.72. The standard InChI is InChI=1S/C29H17F2N5O4.C6H14.C2H6/c30-23-7-16(13-32)1-4-26(23)39-15-20-12-22(5-6-34-20)40-21-3-2-17(19(8-21)14-33)11-27-35-25-10-18(29(37)38)9-24(31)28(25)36-27;1-4-5-6(2)3;1-2/h1-10,12H,11,15H2,(H,35,36)(H,37,38);6H,4-5H2,1-3H3;1-2H3. The van der Waals surface area contributed by atoms with E-state index >= 15 is 0 Å². The van der Waals surface area contributed by atoms with E-state index in [0.29, 0.717) is 34.1 Å². The molecule has 0 aliphatic rings. The molecule has 2 heterocycles. The molecule has 5 aromatic rings. The number of H-pyrrole nitrogens is 1. The minimum atomic E-state index is -1.26. The van der Waals surface area contributed by atoms with Gasteiger partial charge in [0.25, 0.3) is 0 Å². The summed E-state index contributed by atoms with van der Waals surface area (Å²) < 4.78 is 39.8. The monoisotopic (exact) mass is 653 g/mol. The molecule has 0 atom stereocenters. The van der Waals surface area contributed by atoms with Gasteiger partial charge in [-0.15, -0.1) is 0 Å². The van der Waals surface area contributed by atoms with E-state index in [1.54, 1.807) is 30.3 Å². The van der Waals surface area contributed by atoms with Gasteiger partial charge in [-0.05, 0) is 60.0 Å². The highest BCUT2D eigenvalue weighted by Gasteiger charge is 2.15. The zero-order valence-corrected chi connectivity index (χ0v) is 27.5. The number of hydrogen-bond donors (Lipinski definition) is 2. The van der Waals surface area contributed by atoms with E-state index < -0.39 is 17.6 Å². The Balaban J connectivity index is 0.000000705. The number of aromatic amines is 1. The first-order valence-corrected chi connectivity index (χ1v) is 15.5. The topological polar surface area (TPSA) is 145 Å². The molecule has 0 radical (unpaired) electrons.